The smallest absolute Gasteiger partial charge is 0.191 e. The second kappa shape index (κ2) is 12.8. The topological polar surface area (TPSA) is 78.6 Å². The van der Waals surface area contributed by atoms with Crippen molar-refractivity contribution in [3.8, 4) is 0 Å². The number of nitrogens with zero attached hydrogens (tertiary/aromatic N) is 4. The lowest BCUT2D eigenvalue weighted by molar-refractivity contribution is 0.368. The average molecular weight is 526 g/mol. The van der Waals surface area contributed by atoms with Gasteiger partial charge in [-0.3, -0.25) is 4.99 Å². The largest absolute Gasteiger partial charge is 0.359 e. The van der Waals surface area contributed by atoms with Crippen molar-refractivity contribution in [2.45, 2.75) is 65.0 Å². The van der Waals surface area contributed by atoms with Crippen LogP contribution in [0.5, 0.6) is 0 Å². The van der Waals surface area contributed by atoms with Crippen LogP contribution in [0.2, 0.25) is 0 Å². The zero-order valence-corrected chi connectivity index (χ0v) is 20.7. The molecule has 0 aliphatic carbocycles. The molecule has 0 amide bonds. The molecule has 0 unspecified atom stereocenters. The van der Waals surface area contributed by atoms with E-state index in [1.54, 1.807) is 7.05 Å². The van der Waals surface area contributed by atoms with Crippen LogP contribution in [0.4, 0.5) is 5.82 Å². The van der Waals surface area contributed by atoms with E-state index in [0.29, 0.717) is 19.0 Å². The Labute approximate surface area is 197 Å². The summed E-state index contributed by atoms with van der Waals surface area (Å²) in [5, 5.41) is 10.9. The summed E-state index contributed by atoms with van der Waals surface area (Å²) in [5.41, 5.74) is 2.23. The van der Waals surface area contributed by atoms with Gasteiger partial charge >= 0.3 is 0 Å². The highest BCUT2D eigenvalue weighted by molar-refractivity contribution is 14.0. The molecule has 166 valence electrons. The minimum Gasteiger partial charge on any atom is -0.359 e. The Balaban J connectivity index is 0.00000320. The predicted molar refractivity (Wildman–Crippen MR) is 133 cm³/mol. The van der Waals surface area contributed by atoms with Crippen molar-refractivity contribution in [1.29, 1.82) is 0 Å². The fourth-order valence-electron chi connectivity index (χ4n) is 3.76. The quantitative estimate of drug-likeness (QED) is 0.301. The van der Waals surface area contributed by atoms with Crippen molar-refractivity contribution in [3.63, 3.8) is 0 Å². The number of halogens is 1. The minimum atomic E-state index is 0. The van der Waals surface area contributed by atoms with Gasteiger partial charge in [0, 0.05) is 44.9 Å². The summed E-state index contributed by atoms with van der Waals surface area (Å²) in [6, 6.07) is 6.27. The molecule has 0 spiro atoms. The van der Waals surface area contributed by atoms with E-state index in [2.05, 4.69) is 50.6 Å². The van der Waals surface area contributed by atoms with Crippen molar-refractivity contribution < 1.29 is 4.52 Å². The number of nitrogens with one attached hydrogen (secondary N) is 2. The highest BCUT2D eigenvalue weighted by atomic mass is 127. The summed E-state index contributed by atoms with van der Waals surface area (Å²) in [5.74, 6) is 3.10. The van der Waals surface area contributed by atoms with Gasteiger partial charge in [0.2, 0.25) is 0 Å². The Morgan fingerprint density at radius 3 is 2.57 bits per heavy atom. The van der Waals surface area contributed by atoms with E-state index in [0.717, 1.165) is 49.2 Å². The molecule has 3 rings (SSSR count). The molecule has 2 aromatic heterocycles. The van der Waals surface area contributed by atoms with Crippen molar-refractivity contribution in [1.82, 2.24) is 20.8 Å². The SMILES string of the molecule is CCC(CC)c1cc(CNC(=NC)NCc2ccnc(N3CCCCC3)c2)on1.I. The second-order valence-electron chi connectivity index (χ2n) is 7.58. The Morgan fingerprint density at radius 1 is 1.13 bits per heavy atom. The van der Waals surface area contributed by atoms with Crippen LogP contribution < -0.4 is 15.5 Å². The van der Waals surface area contributed by atoms with Gasteiger partial charge in [-0.15, -0.1) is 24.0 Å². The zero-order chi connectivity index (χ0) is 20.5. The first-order chi connectivity index (χ1) is 14.2. The van der Waals surface area contributed by atoms with E-state index < -0.39 is 0 Å². The highest BCUT2D eigenvalue weighted by Crippen LogP contribution is 2.22. The van der Waals surface area contributed by atoms with Gasteiger partial charge in [-0.1, -0.05) is 19.0 Å². The van der Waals surface area contributed by atoms with Crippen LogP contribution in [0.15, 0.2) is 33.9 Å². The molecule has 30 heavy (non-hydrogen) atoms. The molecule has 3 heterocycles. The number of aromatic nitrogens is 2. The third kappa shape index (κ3) is 6.85. The summed E-state index contributed by atoms with van der Waals surface area (Å²) >= 11 is 0. The van der Waals surface area contributed by atoms with E-state index >= 15 is 0 Å². The Hall–Kier alpha value is -1.84. The van der Waals surface area contributed by atoms with Crippen LogP contribution >= 0.6 is 24.0 Å². The Morgan fingerprint density at radius 2 is 1.87 bits per heavy atom. The first kappa shape index (κ1) is 24.4. The van der Waals surface area contributed by atoms with Gasteiger partial charge in [0.15, 0.2) is 11.7 Å². The predicted octanol–water partition coefficient (Wildman–Crippen LogP) is 4.45. The third-order valence-electron chi connectivity index (χ3n) is 5.58. The van der Waals surface area contributed by atoms with Crippen LogP contribution in [-0.4, -0.2) is 36.2 Å². The summed E-state index contributed by atoms with van der Waals surface area (Å²) in [7, 11) is 1.77. The number of rotatable bonds is 8. The van der Waals surface area contributed by atoms with E-state index in [1.165, 1.54) is 24.8 Å². The van der Waals surface area contributed by atoms with Crippen LogP contribution in [-0.2, 0) is 13.1 Å². The molecule has 2 aromatic rings. The molecule has 0 radical (unpaired) electrons. The molecule has 0 atom stereocenters. The number of piperidine rings is 1. The maximum absolute atomic E-state index is 5.48. The molecule has 8 heteroatoms. The van der Waals surface area contributed by atoms with Crippen molar-refractivity contribution >= 4 is 35.8 Å². The molecule has 1 aliphatic heterocycles. The molecule has 0 aromatic carbocycles. The Kier molecular flexibility index (Phi) is 10.4. The van der Waals surface area contributed by atoms with Gasteiger partial charge < -0.3 is 20.1 Å². The van der Waals surface area contributed by atoms with Gasteiger partial charge in [0.05, 0.1) is 12.2 Å². The molecular formula is C22H35IN6O. The number of anilines is 1. The van der Waals surface area contributed by atoms with E-state index in [-0.39, 0.29) is 24.0 Å². The normalized spacial score (nSPS) is 14.5. The minimum absolute atomic E-state index is 0. The molecule has 0 bridgehead atoms. The fraction of sp³-hybridized carbons (Fsp3) is 0.591. The van der Waals surface area contributed by atoms with Gasteiger partial charge in [-0.2, -0.15) is 0 Å². The van der Waals surface area contributed by atoms with Crippen LogP contribution in [0, 0.1) is 0 Å². The average Bonchev–Trinajstić information content (AvgIpc) is 3.24. The Bertz CT molecular complexity index is 783. The summed E-state index contributed by atoms with van der Waals surface area (Å²) in [6.45, 7) is 7.82. The van der Waals surface area contributed by atoms with Crippen LogP contribution in [0.1, 0.15) is 68.9 Å². The molecule has 2 N–H and O–H groups in total. The highest BCUT2D eigenvalue weighted by Gasteiger charge is 2.14. The molecular weight excluding hydrogens is 491 g/mol. The molecule has 1 fully saturated rings. The number of guanidine groups is 1. The first-order valence-electron chi connectivity index (χ1n) is 10.8. The van der Waals surface area contributed by atoms with Crippen LogP contribution in [0.25, 0.3) is 0 Å². The molecule has 1 aliphatic rings. The van der Waals surface area contributed by atoms with E-state index in [1.807, 2.05) is 18.3 Å². The lowest BCUT2D eigenvalue weighted by Gasteiger charge is -2.28. The molecule has 1 saturated heterocycles. The maximum Gasteiger partial charge on any atom is 0.191 e. The zero-order valence-electron chi connectivity index (χ0n) is 18.4. The number of pyridine rings is 1. The second-order valence-corrected chi connectivity index (χ2v) is 7.58. The van der Waals surface area contributed by atoms with E-state index in [4.69, 9.17) is 4.52 Å². The van der Waals surface area contributed by atoms with Gasteiger partial charge in [0.1, 0.15) is 5.82 Å². The summed E-state index contributed by atoms with van der Waals surface area (Å²) in [6.07, 6.45) is 7.87. The monoisotopic (exact) mass is 526 g/mol. The lowest BCUT2D eigenvalue weighted by atomic mass is 9.99. The lowest BCUT2D eigenvalue weighted by Crippen LogP contribution is -2.36. The first-order valence-corrected chi connectivity index (χ1v) is 10.8. The number of hydrogen-bond acceptors (Lipinski definition) is 5. The van der Waals surface area contributed by atoms with Gasteiger partial charge in [0.25, 0.3) is 0 Å². The van der Waals surface area contributed by atoms with Gasteiger partial charge in [-0.05, 0) is 49.8 Å². The fourth-order valence-corrected chi connectivity index (χ4v) is 3.76. The van der Waals surface area contributed by atoms with E-state index in [9.17, 15) is 0 Å². The third-order valence-corrected chi connectivity index (χ3v) is 5.58. The standard InChI is InChI=1S/C22H34N6O.HI/c1-4-18(5-2)20-14-19(29-27-20)16-26-22(23-3)25-15-17-9-10-24-21(13-17)28-11-7-6-8-12-28;/h9-10,13-14,18H,4-8,11-12,15-16H2,1-3H3,(H2,23,25,26);1H. The number of aliphatic imine (C=N–C) groups is 1. The van der Waals surface area contributed by atoms with Gasteiger partial charge in [-0.25, -0.2) is 4.98 Å². The summed E-state index contributed by atoms with van der Waals surface area (Å²) < 4.78 is 5.48. The maximum atomic E-state index is 5.48. The molecule has 7 nitrogen and oxygen atoms in total. The van der Waals surface area contributed by atoms with Crippen molar-refractivity contribution in [2.75, 3.05) is 25.0 Å². The van der Waals surface area contributed by atoms with Crippen LogP contribution in [0.3, 0.4) is 0 Å². The molecule has 0 saturated carbocycles. The van der Waals surface area contributed by atoms with Crippen molar-refractivity contribution in [3.05, 3.63) is 41.4 Å². The van der Waals surface area contributed by atoms with Crippen molar-refractivity contribution in [2.24, 2.45) is 4.99 Å². The summed E-state index contributed by atoms with van der Waals surface area (Å²) in [4.78, 5) is 11.2. The number of hydrogen-bond donors (Lipinski definition) is 2.